The smallest absolute Gasteiger partial charge is 0.254 e. The van der Waals surface area contributed by atoms with Crippen LogP contribution in [0.3, 0.4) is 0 Å². The van der Waals surface area contributed by atoms with Crippen LogP contribution in [0, 0.1) is 5.41 Å². The Bertz CT molecular complexity index is 1500. The highest BCUT2D eigenvalue weighted by Gasteiger charge is 2.49. The zero-order chi connectivity index (χ0) is 26.9. The van der Waals surface area contributed by atoms with Crippen molar-refractivity contribution >= 4 is 23.3 Å². The summed E-state index contributed by atoms with van der Waals surface area (Å²) >= 11 is 0. The molecule has 1 saturated carbocycles. The number of likely N-dealkylation sites (tertiary alicyclic amines) is 1. The lowest BCUT2D eigenvalue weighted by Gasteiger charge is -2.30. The molecule has 9 nitrogen and oxygen atoms in total. The topological polar surface area (TPSA) is 95.4 Å². The second kappa shape index (κ2) is 8.91. The third-order valence-electron chi connectivity index (χ3n) is 9.03. The van der Waals surface area contributed by atoms with E-state index < -0.39 is 0 Å². The number of rotatable bonds is 6. The predicted octanol–water partition coefficient (Wildman–Crippen LogP) is 3.67. The van der Waals surface area contributed by atoms with Gasteiger partial charge in [0.15, 0.2) is 0 Å². The number of nitrogens with zero attached hydrogens (tertiary/aromatic N) is 5. The van der Waals surface area contributed by atoms with Crippen LogP contribution in [0.25, 0.3) is 11.1 Å². The van der Waals surface area contributed by atoms with Crippen LogP contribution < -0.4 is 10.6 Å². The number of fused-ring (bicyclic) bond motifs is 2. The van der Waals surface area contributed by atoms with Gasteiger partial charge in [-0.2, -0.15) is 5.10 Å². The van der Waals surface area contributed by atoms with Crippen LogP contribution in [0.15, 0.2) is 30.5 Å². The summed E-state index contributed by atoms with van der Waals surface area (Å²) in [6.07, 6.45) is 7.06. The lowest BCUT2D eigenvalue weighted by molar-refractivity contribution is -0.132. The van der Waals surface area contributed by atoms with Gasteiger partial charge in [-0.15, -0.1) is 0 Å². The maximum atomic E-state index is 13.0. The number of anilines is 2. The van der Waals surface area contributed by atoms with Crippen LogP contribution in [-0.4, -0.2) is 64.1 Å². The lowest BCUT2D eigenvalue weighted by Crippen LogP contribution is -2.35. The van der Waals surface area contributed by atoms with Gasteiger partial charge in [0.2, 0.25) is 5.91 Å². The number of aromatic nitrogens is 3. The van der Waals surface area contributed by atoms with Crippen LogP contribution in [-0.2, 0) is 30.8 Å². The molecule has 3 aromatic rings. The second-order valence-electron chi connectivity index (χ2n) is 12.1. The van der Waals surface area contributed by atoms with Crippen molar-refractivity contribution in [3.05, 3.63) is 58.5 Å². The average Bonchev–Trinajstić information content (AvgIpc) is 3.17. The molecule has 2 fully saturated rings. The Balaban J connectivity index is 1.21. The summed E-state index contributed by atoms with van der Waals surface area (Å²) in [5.74, 6) is 0.993. The van der Waals surface area contributed by atoms with Crippen molar-refractivity contribution in [1.29, 1.82) is 0 Å². The minimum absolute atomic E-state index is 0.0631. The number of amides is 2. The molecule has 2 N–H and O–H groups in total. The molecule has 202 valence electrons. The molecule has 1 atom stereocenters. The van der Waals surface area contributed by atoms with Gasteiger partial charge < -0.3 is 20.4 Å². The molecule has 1 aromatic carbocycles. The number of pyridine rings is 1. The highest BCUT2D eigenvalue weighted by Crippen LogP contribution is 2.54. The lowest BCUT2D eigenvalue weighted by atomic mass is 9.88. The summed E-state index contributed by atoms with van der Waals surface area (Å²) in [4.78, 5) is 34.4. The van der Waals surface area contributed by atoms with E-state index in [0.29, 0.717) is 36.3 Å². The Morgan fingerprint density at radius 3 is 2.77 bits per heavy atom. The minimum atomic E-state index is -0.0631. The first-order chi connectivity index (χ1) is 18.8. The molecule has 1 aliphatic carbocycles. The van der Waals surface area contributed by atoms with Crippen molar-refractivity contribution in [2.24, 2.45) is 5.41 Å². The van der Waals surface area contributed by atoms with Gasteiger partial charge in [-0.3, -0.25) is 14.3 Å². The van der Waals surface area contributed by atoms with Crippen molar-refractivity contribution < 1.29 is 9.59 Å². The molecular weight excluding hydrogens is 490 g/mol. The van der Waals surface area contributed by atoms with Crippen molar-refractivity contribution in [1.82, 2.24) is 29.9 Å². The Morgan fingerprint density at radius 1 is 1.15 bits per heavy atom. The molecule has 1 unspecified atom stereocenters. The van der Waals surface area contributed by atoms with Crippen LogP contribution in [0.5, 0.6) is 0 Å². The van der Waals surface area contributed by atoms with Crippen LogP contribution in [0.2, 0.25) is 0 Å². The third-order valence-corrected chi connectivity index (χ3v) is 9.03. The first-order valence-corrected chi connectivity index (χ1v) is 13.9. The van der Waals surface area contributed by atoms with Crippen LogP contribution >= 0.6 is 0 Å². The monoisotopic (exact) mass is 525 g/mol. The molecule has 5 heterocycles. The van der Waals surface area contributed by atoms with Gasteiger partial charge in [-0.1, -0.05) is 12.1 Å². The average molecular weight is 526 g/mol. The van der Waals surface area contributed by atoms with Gasteiger partial charge in [-0.05, 0) is 79.9 Å². The Kier molecular flexibility index (Phi) is 5.56. The van der Waals surface area contributed by atoms with E-state index in [1.807, 2.05) is 44.4 Å². The summed E-state index contributed by atoms with van der Waals surface area (Å²) in [6, 6.07) is 8.21. The minimum Gasteiger partial charge on any atom is -0.348 e. The molecule has 7 rings (SSSR count). The van der Waals surface area contributed by atoms with E-state index in [9.17, 15) is 9.59 Å². The first-order valence-electron chi connectivity index (χ1n) is 13.9. The molecule has 4 aliphatic rings. The fourth-order valence-corrected chi connectivity index (χ4v) is 6.63. The molecule has 2 amide bonds. The van der Waals surface area contributed by atoms with E-state index in [-0.39, 0.29) is 17.7 Å². The molecule has 0 bridgehead atoms. The fourth-order valence-electron chi connectivity index (χ4n) is 6.63. The Labute approximate surface area is 228 Å². The van der Waals surface area contributed by atoms with Crippen LogP contribution in [0.4, 0.5) is 11.5 Å². The summed E-state index contributed by atoms with van der Waals surface area (Å²) in [5, 5.41) is 11.2. The number of benzene rings is 1. The number of piperidine rings is 1. The van der Waals surface area contributed by atoms with E-state index in [4.69, 9.17) is 10.1 Å². The highest BCUT2D eigenvalue weighted by molar-refractivity contribution is 6.06. The van der Waals surface area contributed by atoms with Gasteiger partial charge >= 0.3 is 0 Å². The van der Waals surface area contributed by atoms with Crippen molar-refractivity contribution in [2.45, 2.75) is 57.7 Å². The summed E-state index contributed by atoms with van der Waals surface area (Å²) in [7, 11) is 5.92. The maximum absolute atomic E-state index is 13.0. The number of hydrogen-bond acceptors (Lipinski definition) is 6. The first kappa shape index (κ1) is 24.3. The zero-order valence-corrected chi connectivity index (χ0v) is 22.9. The van der Waals surface area contributed by atoms with E-state index in [2.05, 4.69) is 32.3 Å². The van der Waals surface area contributed by atoms with E-state index >= 15 is 0 Å². The van der Waals surface area contributed by atoms with Crippen molar-refractivity contribution in [3.63, 3.8) is 0 Å². The quantitative estimate of drug-likeness (QED) is 0.510. The van der Waals surface area contributed by atoms with Gasteiger partial charge in [0.1, 0.15) is 5.82 Å². The third kappa shape index (κ3) is 4.19. The maximum Gasteiger partial charge on any atom is 0.254 e. The van der Waals surface area contributed by atoms with Gasteiger partial charge in [0.05, 0.1) is 23.1 Å². The normalized spacial score (nSPS) is 20.9. The summed E-state index contributed by atoms with van der Waals surface area (Å²) in [6.45, 7) is 2.97. The summed E-state index contributed by atoms with van der Waals surface area (Å²) in [5.41, 5.74) is 8.55. The Morgan fingerprint density at radius 2 is 2.00 bits per heavy atom. The fraction of sp³-hybridized carbons (Fsp3) is 0.467. The molecule has 3 aliphatic heterocycles. The number of carbonyl (C=O) groups excluding carboxylic acids is 2. The van der Waals surface area contributed by atoms with Crippen molar-refractivity contribution in [2.75, 3.05) is 33.0 Å². The van der Waals surface area contributed by atoms with E-state index in [1.165, 1.54) is 18.5 Å². The van der Waals surface area contributed by atoms with Gasteiger partial charge in [0.25, 0.3) is 5.91 Å². The number of hydrogen-bond donors (Lipinski definition) is 2. The van der Waals surface area contributed by atoms with E-state index in [1.54, 1.807) is 0 Å². The standard InChI is InChI=1S/C30H35N7O2/c1-35(2)16-24-19(18-8-11-36(3)27(38)12-18)5-7-26(34-24)33-23-6-4-20(22-14-31-29(39)28(22)23)21-15-32-37-17-30(9-10-30)13-25(21)37/h4-7,15,18H,8-14,16-17H2,1-3H3,(H,31,39)(H,33,34). The molecule has 9 heteroatoms. The van der Waals surface area contributed by atoms with Crippen molar-refractivity contribution in [3.8, 4) is 11.1 Å². The largest absolute Gasteiger partial charge is 0.348 e. The van der Waals surface area contributed by atoms with Gasteiger partial charge in [0, 0.05) is 50.9 Å². The summed E-state index contributed by atoms with van der Waals surface area (Å²) < 4.78 is 2.17. The van der Waals surface area contributed by atoms with Gasteiger partial charge in [-0.25, -0.2) is 4.98 Å². The molecular formula is C30H35N7O2. The molecule has 1 saturated heterocycles. The number of nitrogens with one attached hydrogen (secondary N) is 2. The zero-order valence-electron chi connectivity index (χ0n) is 22.9. The van der Waals surface area contributed by atoms with E-state index in [0.717, 1.165) is 59.6 Å². The second-order valence-corrected chi connectivity index (χ2v) is 12.1. The number of carbonyl (C=O) groups is 2. The molecule has 0 radical (unpaired) electrons. The molecule has 1 spiro atoms. The Hall–Kier alpha value is -3.72. The highest BCUT2D eigenvalue weighted by atomic mass is 16.2. The molecule has 39 heavy (non-hydrogen) atoms. The van der Waals surface area contributed by atoms with Crippen LogP contribution in [0.1, 0.15) is 64.5 Å². The molecule has 2 aromatic heterocycles. The predicted molar refractivity (Wildman–Crippen MR) is 149 cm³/mol. The SMILES string of the molecule is CN(C)Cc1nc(Nc2ccc(-c3cnn4c3CC3(CC3)C4)c3c2C(=O)NC3)ccc1C1CCN(C)C(=O)C1.